The third kappa shape index (κ3) is 16.0. The Morgan fingerprint density at radius 3 is 1.22 bits per heavy atom. The van der Waals surface area contributed by atoms with E-state index in [0.717, 1.165) is 0 Å². The molecule has 0 aliphatic carbocycles. The van der Waals surface area contributed by atoms with E-state index >= 15 is 0 Å². The Labute approximate surface area is 286 Å². The fraction of sp³-hybridized carbons (Fsp3) is 0.263. The van der Waals surface area contributed by atoms with Gasteiger partial charge in [0.25, 0.3) is 0 Å². The summed E-state index contributed by atoms with van der Waals surface area (Å²) in [5, 5.41) is 8.97. The van der Waals surface area contributed by atoms with Gasteiger partial charge < -0.3 is 24.1 Å². The highest BCUT2D eigenvalue weighted by atomic mass is 16.6. The maximum absolute atomic E-state index is 11.6. The molecule has 3 aromatic rings. The summed E-state index contributed by atoms with van der Waals surface area (Å²) >= 11 is 0. The lowest BCUT2D eigenvalue weighted by Gasteiger charge is -2.17. The minimum Gasteiger partial charge on any atom is -0.478 e. The number of methoxy groups -OCH3 is 2. The quantitative estimate of drug-likeness (QED) is 0.115. The average Bonchev–Trinajstić information content (AvgIpc) is 3.05. The van der Waals surface area contributed by atoms with Crippen LogP contribution in [0.4, 0.5) is 0 Å². The molecule has 0 saturated heterocycles. The topological polar surface area (TPSA) is 160 Å². The van der Waals surface area contributed by atoms with E-state index in [4.69, 9.17) is 14.6 Å². The van der Waals surface area contributed by atoms with Crippen molar-refractivity contribution in [3.05, 3.63) is 118 Å². The summed E-state index contributed by atoms with van der Waals surface area (Å²) in [7, 11) is 2.60. The molecule has 260 valence electrons. The molecule has 1 N–H and O–H groups in total. The van der Waals surface area contributed by atoms with Gasteiger partial charge in [0.2, 0.25) is 0 Å². The van der Waals surface area contributed by atoms with E-state index in [-0.39, 0.29) is 5.56 Å². The Morgan fingerprint density at radius 1 is 0.551 bits per heavy atom. The zero-order chi connectivity index (χ0) is 37.2. The standard InChI is InChI=1S/C15H18O4.C14H16O4.C9H8O3/c1-15(2,3)19-13(16)10-9-11-7-5-6-8-12(11)14(17)18-4;1-14(2,3)18-12(15)9-8-10-6-4-5-7-11(10)13(16)17;1-12-9(11)8-5-3-2-4-7(8)6-10/h5-10H,1-4H3;4-9H,1-3H3,(H,16,17);2-6H,1H3/b10-9+;9-8+;. The highest BCUT2D eigenvalue weighted by Crippen LogP contribution is 2.14. The number of aldehydes is 1. The maximum Gasteiger partial charge on any atom is 0.338 e. The number of ether oxygens (including phenoxy) is 4. The van der Waals surface area contributed by atoms with Crippen LogP contribution >= 0.6 is 0 Å². The minimum absolute atomic E-state index is 0.150. The molecule has 11 nitrogen and oxygen atoms in total. The molecule has 3 rings (SSSR count). The Kier molecular flexibility index (Phi) is 16.6. The van der Waals surface area contributed by atoms with Crippen molar-refractivity contribution in [2.24, 2.45) is 0 Å². The van der Waals surface area contributed by atoms with Crippen molar-refractivity contribution in [1.82, 2.24) is 0 Å². The molecule has 0 unspecified atom stereocenters. The molecule has 0 spiro atoms. The van der Waals surface area contributed by atoms with Crippen LogP contribution in [0.25, 0.3) is 12.2 Å². The van der Waals surface area contributed by atoms with Gasteiger partial charge in [-0.05, 0) is 83.0 Å². The summed E-state index contributed by atoms with van der Waals surface area (Å²) in [5.41, 5.74) is 1.19. The van der Waals surface area contributed by atoms with Crippen LogP contribution in [0.2, 0.25) is 0 Å². The molecule has 49 heavy (non-hydrogen) atoms. The van der Waals surface area contributed by atoms with Crippen molar-refractivity contribution < 1.29 is 52.8 Å². The predicted octanol–water partition coefficient (Wildman–Crippen LogP) is 6.85. The molecule has 0 aliphatic rings. The van der Waals surface area contributed by atoms with Crippen LogP contribution in [0.15, 0.2) is 84.9 Å². The summed E-state index contributed by atoms with van der Waals surface area (Å²) in [5.74, 6) is -2.91. The van der Waals surface area contributed by atoms with Crippen LogP contribution in [0.5, 0.6) is 0 Å². The van der Waals surface area contributed by atoms with E-state index in [2.05, 4.69) is 9.47 Å². The number of carboxylic acids is 1. The number of aromatic carboxylic acids is 1. The Bertz CT molecular complexity index is 1670. The molecule has 3 aromatic carbocycles. The molecule has 11 heteroatoms. The molecule has 0 fully saturated rings. The lowest BCUT2D eigenvalue weighted by atomic mass is 10.1. The van der Waals surface area contributed by atoms with Crippen molar-refractivity contribution in [2.45, 2.75) is 52.7 Å². The fourth-order valence-corrected chi connectivity index (χ4v) is 3.66. The summed E-state index contributed by atoms with van der Waals surface area (Å²) in [4.78, 5) is 66.9. The van der Waals surface area contributed by atoms with Crippen molar-refractivity contribution in [1.29, 1.82) is 0 Å². The van der Waals surface area contributed by atoms with Gasteiger partial charge in [0.05, 0.1) is 30.9 Å². The van der Waals surface area contributed by atoms with Gasteiger partial charge in [0.1, 0.15) is 11.2 Å². The molecule has 0 bridgehead atoms. The summed E-state index contributed by atoms with van der Waals surface area (Å²) < 4.78 is 19.4. The van der Waals surface area contributed by atoms with Crippen molar-refractivity contribution in [2.75, 3.05) is 14.2 Å². The second-order valence-corrected chi connectivity index (χ2v) is 11.9. The Balaban J connectivity index is 0.000000377. The first-order chi connectivity index (χ1) is 22.9. The zero-order valence-electron chi connectivity index (χ0n) is 28.8. The van der Waals surface area contributed by atoms with Crippen LogP contribution in [-0.2, 0) is 28.5 Å². The zero-order valence-corrected chi connectivity index (χ0v) is 28.8. The van der Waals surface area contributed by atoms with Crippen molar-refractivity contribution in [3.8, 4) is 0 Å². The Hall–Kier alpha value is -5.84. The number of benzene rings is 3. The van der Waals surface area contributed by atoms with Gasteiger partial charge in [-0.15, -0.1) is 0 Å². The van der Waals surface area contributed by atoms with Crippen molar-refractivity contribution >= 4 is 48.3 Å². The molecule has 0 atom stereocenters. The van der Waals surface area contributed by atoms with Crippen LogP contribution in [0, 0.1) is 0 Å². The fourth-order valence-electron chi connectivity index (χ4n) is 3.66. The van der Waals surface area contributed by atoms with Crippen LogP contribution in [0.1, 0.15) is 94.1 Å². The number of rotatable bonds is 8. The van der Waals surface area contributed by atoms with E-state index in [9.17, 15) is 28.8 Å². The molecular formula is C38H42O11. The smallest absolute Gasteiger partial charge is 0.338 e. The van der Waals surface area contributed by atoms with Crippen LogP contribution in [-0.4, -0.2) is 66.7 Å². The number of carbonyl (C=O) groups excluding carboxylic acids is 5. The highest BCUT2D eigenvalue weighted by molar-refractivity contribution is 5.98. The minimum atomic E-state index is -1.03. The first-order valence-corrected chi connectivity index (χ1v) is 14.9. The second-order valence-electron chi connectivity index (χ2n) is 11.9. The second kappa shape index (κ2) is 19.7. The molecule has 0 saturated carbocycles. The average molecular weight is 675 g/mol. The molecule has 0 aromatic heterocycles. The molecule has 0 amide bonds. The van der Waals surface area contributed by atoms with E-state index in [1.807, 2.05) is 0 Å². The van der Waals surface area contributed by atoms with Gasteiger partial charge in [-0.1, -0.05) is 54.6 Å². The normalized spacial score (nSPS) is 10.9. The lowest BCUT2D eigenvalue weighted by molar-refractivity contribution is -0.149. The number of carbonyl (C=O) groups is 6. The monoisotopic (exact) mass is 674 g/mol. The molecule has 0 heterocycles. The van der Waals surface area contributed by atoms with Crippen LogP contribution in [0.3, 0.4) is 0 Å². The Morgan fingerprint density at radius 2 is 0.878 bits per heavy atom. The summed E-state index contributed by atoms with van der Waals surface area (Å²) in [6, 6.07) is 19.8. The molecular weight excluding hydrogens is 632 g/mol. The van der Waals surface area contributed by atoms with E-state index in [1.165, 1.54) is 38.5 Å². The largest absolute Gasteiger partial charge is 0.478 e. The van der Waals surface area contributed by atoms with Crippen molar-refractivity contribution in [3.63, 3.8) is 0 Å². The molecule has 0 aliphatic heterocycles. The first-order valence-electron chi connectivity index (χ1n) is 14.9. The SMILES string of the molecule is CC(C)(C)OC(=O)/C=C/c1ccccc1C(=O)O.COC(=O)c1ccccc1/C=C/C(=O)OC(C)(C)C.COC(=O)c1ccccc1C=O. The lowest BCUT2D eigenvalue weighted by Crippen LogP contribution is -2.22. The van der Waals surface area contributed by atoms with Gasteiger partial charge in [-0.2, -0.15) is 0 Å². The third-order valence-electron chi connectivity index (χ3n) is 5.66. The highest BCUT2D eigenvalue weighted by Gasteiger charge is 2.16. The van der Waals surface area contributed by atoms with Gasteiger partial charge in [0, 0.05) is 17.7 Å². The summed E-state index contributed by atoms with van der Waals surface area (Å²) in [6.07, 6.45) is 6.14. The van der Waals surface area contributed by atoms with Gasteiger partial charge in [-0.3, -0.25) is 4.79 Å². The molecule has 0 radical (unpaired) electrons. The summed E-state index contributed by atoms with van der Waals surface area (Å²) in [6.45, 7) is 10.7. The van der Waals surface area contributed by atoms with Crippen LogP contribution < -0.4 is 0 Å². The van der Waals surface area contributed by atoms with Gasteiger partial charge in [0.15, 0.2) is 6.29 Å². The maximum atomic E-state index is 11.6. The van der Waals surface area contributed by atoms with Gasteiger partial charge >= 0.3 is 29.8 Å². The number of hydrogen-bond donors (Lipinski definition) is 1. The predicted molar refractivity (Wildman–Crippen MR) is 184 cm³/mol. The number of carboxylic acid groups (broad SMARTS) is 1. The number of esters is 4. The van der Waals surface area contributed by atoms with E-state index < -0.39 is 41.0 Å². The number of hydrogen-bond acceptors (Lipinski definition) is 10. The van der Waals surface area contributed by atoms with E-state index in [1.54, 1.807) is 114 Å². The third-order valence-corrected chi connectivity index (χ3v) is 5.66. The van der Waals surface area contributed by atoms with E-state index in [0.29, 0.717) is 34.1 Å². The van der Waals surface area contributed by atoms with Gasteiger partial charge in [-0.25, -0.2) is 24.0 Å². The first kappa shape index (κ1) is 41.2.